The minimum absolute atomic E-state index is 0.204. The fourth-order valence-electron chi connectivity index (χ4n) is 4.76. The summed E-state index contributed by atoms with van der Waals surface area (Å²) in [6.07, 6.45) is 2.08. The SMILES string of the molecule is Cn1ccc2cc(-c3nc(NCC(c4ccccc4)c4ccccc4)c4ccccc4n3)ccc21. The van der Waals surface area contributed by atoms with Crippen LogP contribution >= 0.6 is 0 Å². The third-order valence-corrected chi connectivity index (χ3v) is 6.62. The second kappa shape index (κ2) is 9.07. The van der Waals surface area contributed by atoms with Crippen LogP contribution in [0.15, 0.2) is 115 Å². The van der Waals surface area contributed by atoms with Gasteiger partial charge in [-0.2, -0.15) is 0 Å². The van der Waals surface area contributed by atoms with E-state index in [-0.39, 0.29) is 5.92 Å². The largest absolute Gasteiger partial charge is 0.368 e. The summed E-state index contributed by atoms with van der Waals surface area (Å²) in [7, 11) is 2.06. The van der Waals surface area contributed by atoms with E-state index in [1.54, 1.807) is 0 Å². The molecule has 0 aliphatic carbocycles. The Morgan fingerprint density at radius 1 is 0.743 bits per heavy atom. The Kier molecular flexibility index (Phi) is 5.47. The van der Waals surface area contributed by atoms with Crippen molar-refractivity contribution in [3.8, 4) is 11.4 Å². The van der Waals surface area contributed by atoms with Crippen molar-refractivity contribution in [3.63, 3.8) is 0 Å². The normalized spacial score (nSPS) is 11.4. The summed E-state index contributed by atoms with van der Waals surface area (Å²) in [4.78, 5) is 9.92. The minimum atomic E-state index is 0.204. The van der Waals surface area contributed by atoms with Crippen LogP contribution < -0.4 is 5.32 Å². The molecule has 0 fully saturated rings. The highest BCUT2D eigenvalue weighted by atomic mass is 15.0. The van der Waals surface area contributed by atoms with E-state index in [9.17, 15) is 0 Å². The molecule has 0 spiro atoms. The molecule has 0 saturated heterocycles. The van der Waals surface area contributed by atoms with Gasteiger partial charge in [-0.3, -0.25) is 0 Å². The highest BCUT2D eigenvalue weighted by molar-refractivity contribution is 5.91. The van der Waals surface area contributed by atoms with Gasteiger partial charge in [0.25, 0.3) is 0 Å². The average Bonchev–Trinajstić information content (AvgIpc) is 3.29. The molecular formula is C31H26N4. The summed E-state index contributed by atoms with van der Waals surface area (Å²) in [5.74, 6) is 1.79. The number of fused-ring (bicyclic) bond motifs is 2. The molecule has 2 aromatic heterocycles. The maximum Gasteiger partial charge on any atom is 0.162 e. The predicted octanol–water partition coefficient (Wildman–Crippen LogP) is 7.03. The van der Waals surface area contributed by atoms with Gasteiger partial charge >= 0.3 is 0 Å². The van der Waals surface area contributed by atoms with Gasteiger partial charge in [-0.25, -0.2) is 9.97 Å². The molecule has 4 nitrogen and oxygen atoms in total. The molecule has 6 aromatic rings. The van der Waals surface area contributed by atoms with E-state index in [0.29, 0.717) is 0 Å². The number of nitrogens with one attached hydrogen (secondary N) is 1. The van der Waals surface area contributed by atoms with Gasteiger partial charge in [0.05, 0.1) is 5.52 Å². The number of rotatable bonds is 6. The van der Waals surface area contributed by atoms with Crippen molar-refractivity contribution in [2.24, 2.45) is 7.05 Å². The van der Waals surface area contributed by atoms with Crippen LogP contribution in [0.1, 0.15) is 17.0 Å². The molecule has 0 saturated carbocycles. The van der Waals surface area contributed by atoms with Crippen LogP contribution in [-0.4, -0.2) is 21.1 Å². The van der Waals surface area contributed by atoms with Gasteiger partial charge in [-0.1, -0.05) is 72.8 Å². The summed E-state index contributed by atoms with van der Waals surface area (Å²) in [5, 5.41) is 5.89. The molecule has 170 valence electrons. The quantitative estimate of drug-likeness (QED) is 0.294. The lowest BCUT2D eigenvalue weighted by molar-refractivity contribution is 0.849. The molecule has 4 aromatic carbocycles. The number of anilines is 1. The first-order valence-corrected chi connectivity index (χ1v) is 11.9. The minimum Gasteiger partial charge on any atom is -0.368 e. The number of hydrogen-bond acceptors (Lipinski definition) is 3. The van der Waals surface area contributed by atoms with E-state index in [0.717, 1.165) is 34.7 Å². The number of aromatic nitrogens is 3. The van der Waals surface area contributed by atoms with Crippen molar-refractivity contribution in [2.45, 2.75) is 5.92 Å². The van der Waals surface area contributed by atoms with Gasteiger partial charge in [-0.15, -0.1) is 0 Å². The smallest absolute Gasteiger partial charge is 0.162 e. The first-order valence-electron chi connectivity index (χ1n) is 11.9. The number of nitrogens with zero attached hydrogens (tertiary/aromatic N) is 3. The fraction of sp³-hybridized carbons (Fsp3) is 0.0968. The van der Waals surface area contributed by atoms with Crippen LogP contribution in [0, 0.1) is 0 Å². The van der Waals surface area contributed by atoms with Crippen LogP contribution in [0.4, 0.5) is 5.82 Å². The van der Waals surface area contributed by atoms with Crippen molar-refractivity contribution in [3.05, 3.63) is 127 Å². The van der Waals surface area contributed by atoms with Crippen LogP contribution in [0.5, 0.6) is 0 Å². The lowest BCUT2D eigenvalue weighted by atomic mass is 9.91. The summed E-state index contributed by atoms with van der Waals surface area (Å²) >= 11 is 0. The van der Waals surface area contributed by atoms with E-state index in [4.69, 9.17) is 9.97 Å². The Balaban J connectivity index is 1.40. The number of aryl methyl sites for hydroxylation is 1. The summed E-state index contributed by atoms with van der Waals surface area (Å²) in [6.45, 7) is 0.728. The van der Waals surface area contributed by atoms with Crippen molar-refractivity contribution >= 4 is 27.6 Å². The second-order valence-corrected chi connectivity index (χ2v) is 8.87. The monoisotopic (exact) mass is 454 g/mol. The second-order valence-electron chi connectivity index (χ2n) is 8.87. The Morgan fingerprint density at radius 2 is 1.43 bits per heavy atom. The maximum absolute atomic E-state index is 5.02. The summed E-state index contributed by atoms with van der Waals surface area (Å²) in [5.41, 5.74) is 5.70. The van der Waals surface area contributed by atoms with Gasteiger partial charge in [-0.05, 0) is 47.5 Å². The molecular weight excluding hydrogens is 428 g/mol. The summed E-state index contributed by atoms with van der Waals surface area (Å²) < 4.78 is 2.13. The zero-order chi connectivity index (χ0) is 23.6. The predicted molar refractivity (Wildman–Crippen MR) is 145 cm³/mol. The molecule has 0 amide bonds. The van der Waals surface area contributed by atoms with Crippen molar-refractivity contribution in [2.75, 3.05) is 11.9 Å². The zero-order valence-electron chi connectivity index (χ0n) is 19.6. The van der Waals surface area contributed by atoms with Crippen LogP contribution in [0.25, 0.3) is 33.2 Å². The summed E-state index contributed by atoms with van der Waals surface area (Å²) in [6, 6.07) is 38.0. The number of hydrogen-bond donors (Lipinski definition) is 1. The molecule has 0 unspecified atom stereocenters. The molecule has 0 aliphatic heterocycles. The maximum atomic E-state index is 5.02. The lowest BCUT2D eigenvalue weighted by Crippen LogP contribution is -2.15. The molecule has 0 radical (unpaired) electrons. The average molecular weight is 455 g/mol. The molecule has 0 bridgehead atoms. The number of para-hydroxylation sites is 1. The topological polar surface area (TPSA) is 42.7 Å². The van der Waals surface area contributed by atoms with Crippen LogP contribution in [0.2, 0.25) is 0 Å². The Hall–Kier alpha value is -4.44. The van der Waals surface area contributed by atoms with E-state index >= 15 is 0 Å². The highest BCUT2D eigenvalue weighted by Gasteiger charge is 2.16. The lowest BCUT2D eigenvalue weighted by Gasteiger charge is -2.20. The molecule has 0 aliphatic rings. The number of benzene rings is 4. The molecule has 0 atom stereocenters. The molecule has 2 heterocycles. The van der Waals surface area contributed by atoms with Gasteiger partial charge in [0.15, 0.2) is 5.82 Å². The first-order chi connectivity index (χ1) is 17.3. The third kappa shape index (κ3) is 4.15. The van der Waals surface area contributed by atoms with E-state index in [1.165, 1.54) is 22.0 Å². The van der Waals surface area contributed by atoms with Crippen molar-refractivity contribution < 1.29 is 0 Å². The van der Waals surface area contributed by atoms with Crippen molar-refractivity contribution in [1.82, 2.24) is 14.5 Å². The Labute approximate surface area is 204 Å². The zero-order valence-corrected chi connectivity index (χ0v) is 19.6. The molecule has 1 N–H and O–H groups in total. The Morgan fingerprint density at radius 3 is 2.17 bits per heavy atom. The standard InChI is InChI=1S/C31H26N4/c1-35-19-18-24-20-25(16-17-29(24)35)30-33-28-15-9-8-14-26(28)31(34-30)32-21-27(22-10-4-2-5-11-22)23-12-6-3-7-13-23/h2-20,27H,21H2,1H3,(H,32,33,34). The highest BCUT2D eigenvalue weighted by Crippen LogP contribution is 2.29. The Bertz CT molecular complexity index is 1560. The van der Waals surface area contributed by atoms with Gasteiger partial charge in [0, 0.05) is 47.6 Å². The van der Waals surface area contributed by atoms with E-state index in [1.807, 2.05) is 12.1 Å². The van der Waals surface area contributed by atoms with Gasteiger partial charge < -0.3 is 9.88 Å². The van der Waals surface area contributed by atoms with E-state index < -0.39 is 0 Å². The third-order valence-electron chi connectivity index (χ3n) is 6.62. The molecule has 4 heteroatoms. The first kappa shape index (κ1) is 21.1. The van der Waals surface area contributed by atoms with Crippen LogP contribution in [0.3, 0.4) is 0 Å². The molecule has 6 rings (SSSR count). The van der Waals surface area contributed by atoms with Crippen molar-refractivity contribution in [1.29, 1.82) is 0 Å². The molecule has 35 heavy (non-hydrogen) atoms. The van der Waals surface area contributed by atoms with Crippen LogP contribution in [-0.2, 0) is 7.05 Å². The van der Waals surface area contributed by atoms with Gasteiger partial charge in [0.1, 0.15) is 5.82 Å². The van der Waals surface area contributed by atoms with Gasteiger partial charge in [0.2, 0.25) is 0 Å². The van der Waals surface area contributed by atoms with E-state index in [2.05, 4.69) is 120 Å². The fourth-order valence-corrected chi connectivity index (χ4v) is 4.76.